The maximum atomic E-state index is 11.6. The number of nitrogens with one attached hydrogen (secondary N) is 1. The van der Waals surface area contributed by atoms with E-state index in [-0.39, 0.29) is 18.7 Å². The first-order chi connectivity index (χ1) is 8.90. The molecule has 0 aliphatic rings. The summed E-state index contributed by atoms with van der Waals surface area (Å²) in [4.78, 5) is 24.0. The Morgan fingerprint density at radius 3 is 2.53 bits per heavy atom. The number of anilines is 2. The average molecular weight is 264 g/mol. The Labute approximate surface area is 113 Å². The molecule has 0 aliphatic carbocycles. The molecule has 0 atom stereocenters. The normalized spacial score (nSPS) is 10.1. The van der Waals surface area contributed by atoms with E-state index in [1.54, 1.807) is 0 Å². The maximum absolute atomic E-state index is 11.6. The summed E-state index contributed by atoms with van der Waals surface area (Å²) in [5, 5.41) is 11.3. The Morgan fingerprint density at radius 2 is 1.95 bits per heavy atom. The molecule has 0 bridgehead atoms. The van der Waals surface area contributed by atoms with Crippen molar-refractivity contribution in [2.24, 2.45) is 0 Å². The van der Waals surface area contributed by atoms with Gasteiger partial charge in [0.2, 0.25) is 5.91 Å². The monoisotopic (exact) mass is 264 g/mol. The Hall–Kier alpha value is -2.04. The molecule has 0 spiro atoms. The maximum Gasteiger partial charge on any atom is 0.303 e. The largest absolute Gasteiger partial charge is 0.481 e. The van der Waals surface area contributed by atoms with Crippen LogP contribution in [0.3, 0.4) is 0 Å². The number of aryl methyl sites for hydroxylation is 1. The van der Waals surface area contributed by atoms with Crippen LogP contribution in [0.4, 0.5) is 11.4 Å². The number of carboxylic acid groups (broad SMARTS) is 1. The first kappa shape index (κ1) is 15.0. The van der Waals surface area contributed by atoms with Gasteiger partial charge in [-0.15, -0.1) is 0 Å². The van der Waals surface area contributed by atoms with Gasteiger partial charge in [-0.2, -0.15) is 0 Å². The summed E-state index contributed by atoms with van der Waals surface area (Å²) in [6.07, 6.45) is 0.593. The van der Waals surface area contributed by atoms with Crippen LogP contribution in [-0.4, -0.2) is 31.1 Å². The predicted octanol–water partition coefficient (Wildman–Crippen LogP) is 2.25. The Kier molecular flexibility index (Phi) is 5.36. The molecule has 5 nitrogen and oxygen atoms in total. The first-order valence-electron chi connectivity index (χ1n) is 6.20. The fourth-order valence-electron chi connectivity index (χ4n) is 1.79. The molecular formula is C14H20N2O3. The number of nitrogens with zero attached hydrogens (tertiary/aromatic N) is 1. The minimum atomic E-state index is -0.877. The second-order valence-corrected chi connectivity index (χ2v) is 4.69. The van der Waals surface area contributed by atoms with Crippen LogP contribution in [0.25, 0.3) is 0 Å². The number of rotatable bonds is 6. The van der Waals surface area contributed by atoms with Crippen LogP contribution >= 0.6 is 0 Å². The third-order valence-electron chi connectivity index (χ3n) is 2.77. The van der Waals surface area contributed by atoms with Gasteiger partial charge in [-0.3, -0.25) is 9.59 Å². The Balaban J connectivity index is 2.59. The molecule has 1 aromatic rings. The molecule has 0 unspecified atom stereocenters. The summed E-state index contributed by atoms with van der Waals surface area (Å²) < 4.78 is 0. The van der Waals surface area contributed by atoms with E-state index in [0.29, 0.717) is 6.42 Å². The van der Waals surface area contributed by atoms with Gasteiger partial charge in [-0.05, 0) is 31.0 Å². The lowest BCUT2D eigenvalue weighted by molar-refractivity contribution is -0.137. The minimum absolute atomic E-state index is 0.0181. The summed E-state index contributed by atoms with van der Waals surface area (Å²) in [5.41, 5.74) is 2.91. The highest BCUT2D eigenvalue weighted by molar-refractivity contribution is 5.91. The standard InChI is InChI=1S/C14H20N2O3/c1-10-7-8-11(9-12(10)16(2)3)15-13(17)5-4-6-14(18)19/h7-9H,4-6H2,1-3H3,(H,15,17)(H,18,19). The van der Waals surface area contributed by atoms with Crippen LogP contribution in [0.2, 0.25) is 0 Å². The van der Waals surface area contributed by atoms with Crippen molar-refractivity contribution in [2.75, 3.05) is 24.3 Å². The van der Waals surface area contributed by atoms with Gasteiger partial charge in [-0.25, -0.2) is 0 Å². The molecule has 0 fully saturated rings. The lowest BCUT2D eigenvalue weighted by Gasteiger charge is -2.17. The van der Waals surface area contributed by atoms with Crippen LogP contribution in [-0.2, 0) is 9.59 Å². The van der Waals surface area contributed by atoms with Crippen molar-refractivity contribution in [3.05, 3.63) is 23.8 Å². The molecule has 0 saturated heterocycles. The van der Waals surface area contributed by atoms with Gasteiger partial charge < -0.3 is 15.3 Å². The predicted molar refractivity (Wildman–Crippen MR) is 75.6 cm³/mol. The van der Waals surface area contributed by atoms with Crippen molar-refractivity contribution in [2.45, 2.75) is 26.2 Å². The molecule has 1 amide bonds. The van der Waals surface area contributed by atoms with Crippen LogP contribution in [0.1, 0.15) is 24.8 Å². The summed E-state index contributed by atoms with van der Waals surface area (Å²) in [6.45, 7) is 2.01. The number of aliphatic carboxylic acids is 1. The zero-order valence-corrected chi connectivity index (χ0v) is 11.6. The van der Waals surface area contributed by atoms with Crippen LogP contribution in [0.15, 0.2) is 18.2 Å². The summed E-state index contributed by atoms with van der Waals surface area (Å²) in [5.74, 6) is -1.03. The third-order valence-corrected chi connectivity index (χ3v) is 2.77. The van der Waals surface area contributed by atoms with Gasteiger partial charge in [0.1, 0.15) is 0 Å². The number of hydrogen-bond acceptors (Lipinski definition) is 3. The van der Waals surface area contributed by atoms with Gasteiger partial charge >= 0.3 is 5.97 Å². The molecule has 104 valence electrons. The lowest BCUT2D eigenvalue weighted by atomic mass is 10.1. The Bertz CT molecular complexity index is 470. The van der Waals surface area contributed by atoms with Crippen LogP contribution in [0.5, 0.6) is 0 Å². The van der Waals surface area contributed by atoms with Crippen molar-refractivity contribution in [3.8, 4) is 0 Å². The summed E-state index contributed by atoms with van der Waals surface area (Å²) in [6, 6.07) is 5.70. The van der Waals surface area contributed by atoms with Gasteiger partial charge in [-0.1, -0.05) is 6.07 Å². The number of carbonyl (C=O) groups is 2. The van der Waals surface area contributed by atoms with Gasteiger partial charge in [0.15, 0.2) is 0 Å². The molecule has 0 saturated carbocycles. The second-order valence-electron chi connectivity index (χ2n) is 4.69. The van der Waals surface area contributed by atoms with Crippen molar-refractivity contribution >= 4 is 23.3 Å². The first-order valence-corrected chi connectivity index (χ1v) is 6.20. The number of amides is 1. The molecule has 1 rings (SSSR count). The summed E-state index contributed by atoms with van der Waals surface area (Å²) in [7, 11) is 3.89. The fraction of sp³-hybridized carbons (Fsp3) is 0.429. The van der Waals surface area contributed by atoms with Gasteiger partial charge in [0.25, 0.3) is 0 Å². The number of hydrogen-bond donors (Lipinski definition) is 2. The van der Waals surface area contributed by atoms with Gasteiger partial charge in [0.05, 0.1) is 0 Å². The van der Waals surface area contributed by atoms with Crippen LogP contribution in [0, 0.1) is 6.92 Å². The molecule has 19 heavy (non-hydrogen) atoms. The highest BCUT2D eigenvalue weighted by Gasteiger charge is 2.07. The average Bonchev–Trinajstić information content (AvgIpc) is 2.30. The molecule has 0 heterocycles. The fourth-order valence-corrected chi connectivity index (χ4v) is 1.79. The number of carbonyl (C=O) groups excluding carboxylic acids is 1. The van der Waals surface area contributed by atoms with Crippen molar-refractivity contribution < 1.29 is 14.7 Å². The molecule has 0 radical (unpaired) electrons. The van der Waals surface area contributed by atoms with Crippen molar-refractivity contribution in [1.82, 2.24) is 0 Å². The van der Waals surface area contributed by atoms with E-state index >= 15 is 0 Å². The topological polar surface area (TPSA) is 69.6 Å². The SMILES string of the molecule is Cc1ccc(NC(=O)CCCC(=O)O)cc1N(C)C. The summed E-state index contributed by atoms with van der Waals surface area (Å²) >= 11 is 0. The Morgan fingerprint density at radius 1 is 1.26 bits per heavy atom. The quantitative estimate of drug-likeness (QED) is 0.826. The molecule has 5 heteroatoms. The van der Waals surface area contributed by atoms with E-state index in [1.165, 1.54) is 0 Å². The molecular weight excluding hydrogens is 244 g/mol. The van der Waals surface area contributed by atoms with Crippen LogP contribution < -0.4 is 10.2 Å². The highest BCUT2D eigenvalue weighted by Crippen LogP contribution is 2.22. The number of carboxylic acids is 1. The molecule has 0 aliphatic heterocycles. The molecule has 2 N–H and O–H groups in total. The smallest absolute Gasteiger partial charge is 0.303 e. The minimum Gasteiger partial charge on any atom is -0.481 e. The third kappa shape index (κ3) is 4.99. The van der Waals surface area contributed by atoms with E-state index in [9.17, 15) is 9.59 Å². The van der Waals surface area contributed by atoms with E-state index in [4.69, 9.17) is 5.11 Å². The van der Waals surface area contributed by atoms with Crippen molar-refractivity contribution in [1.29, 1.82) is 0 Å². The molecule has 1 aromatic carbocycles. The number of benzene rings is 1. The highest BCUT2D eigenvalue weighted by atomic mass is 16.4. The van der Waals surface area contributed by atoms with Crippen molar-refractivity contribution in [3.63, 3.8) is 0 Å². The zero-order chi connectivity index (χ0) is 14.4. The lowest BCUT2D eigenvalue weighted by Crippen LogP contribution is -2.14. The van der Waals surface area contributed by atoms with E-state index < -0.39 is 5.97 Å². The van der Waals surface area contributed by atoms with Gasteiger partial charge in [0, 0.05) is 38.3 Å². The second kappa shape index (κ2) is 6.78. The zero-order valence-electron chi connectivity index (χ0n) is 11.6. The van der Waals surface area contributed by atoms with E-state index in [0.717, 1.165) is 16.9 Å². The van der Waals surface area contributed by atoms with E-state index in [1.807, 2.05) is 44.1 Å². The molecule has 0 aromatic heterocycles. The van der Waals surface area contributed by atoms with E-state index in [2.05, 4.69) is 5.32 Å².